The third-order valence-corrected chi connectivity index (χ3v) is 3.86. The van der Waals surface area contributed by atoms with Gasteiger partial charge in [0, 0.05) is 17.5 Å². The first-order valence-corrected chi connectivity index (χ1v) is 6.21. The van der Waals surface area contributed by atoms with Crippen molar-refractivity contribution in [2.75, 3.05) is 0 Å². The molecule has 0 aliphatic carbocycles. The Hall–Kier alpha value is -0.850. The predicted octanol–water partition coefficient (Wildman–Crippen LogP) is 3.14. The van der Waals surface area contributed by atoms with E-state index in [2.05, 4.69) is 32.2 Å². The van der Waals surface area contributed by atoms with Gasteiger partial charge >= 0.3 is 0 Å². The van der Waals surface area contributed by atoms with Crippen LogP contribution in [0.3, 0.4) is 0 Å². The Morgan fingerprint density at radius 3 is 2.73 bits per heavy atom. The first kappa shape index (κ1) is 12.2. The van der Waals surface area contributed by atoms with E-state index >= 15 is 0 Å². The van der Waals surface area contributed by atoms with Crippen molar-refractivity contribution in [1.29, 1.82) is 5.26 Å². The summed E-state index contributed by atoms with van der Waals surface area (Å²) in [5.74, 6) is 0.695. The Kier molecular flexibility index (Phi) is 4.80. The van der Waals surface area contributed by atoms with Crippen LogP contribution in [-0.2, 0) is 6.54 Å². The van der Waals surface area contributed by atoms with Crippen LogP contribution in [0.5, 0.6) is 0 Å². The van der Waals surface area contributed by atoms with Crippen LogP contribution in [0.1, 0.15) is 36.9 Å². The SMILES string of the molecule is CCC(C)C(C)NCc1ccc(C#N)s1. The molecule has 0 aromatic carbocycles. The first-order valence-electron chi connectivity index (χ1n) is 5.39. The van der Waals surface area contributed by atoms with Gasteiger partial charge in [-0.05, 0) is 25.0 Å². The van der Waals surface area contributed by atoms with E-state index < -0.39 is 0 Å². The summed E-state index contributed by atoms with van der Waals surface area (Å²) in [5, 5.41) is 12.2. The zero-order valence-corrected chi connectivity index (χ0v) is 10.4. The van der Waals surface area contributed by atoms with Gasteiger partial charge in [0.05, 0.1) is 0 Å². The molecule has 1 aromatic rings. The summed E-state index contributed by atoms with van der Waals surface area (Å²) >= 11 is 1.57. The van der Waals surface area contributed by atoms with E-state index in [1.807, 2.05) is 12.1 Å². The van der Waals surface area contributed by atoms with Gasteiger partial charge in [-0.1, -0.05) is 20.3 Å². The Bertz CT molecular complexity index is 338. The topological polar surface area (TPSA) is 35.8 Å². The molecule has 0 spiro atoms. The number of hydrogen-bond acceptors (Lipinski definition) is 3. The average Bonchev–Trinajstić information content (AvgIpc) is 2.72. The fourth-order valence-corrected chi connectivity index (χ4v) is 2.11. The molecule has 0 saturated heterocycles. The zero-order valence-electron chi connectivity index (χ0n) is 9.58. The van der Waals surface area contributed by atoms with Crippen molar-refractivity contribution in [2.45, 2.75) is 39.8 Å². The van der Waals surface area contributed by atoms with Crippen LogP contribution in [0.4, 0.5) is 0 Å². The Labute approximate surface area is 95.9 Å². The maximum atomic E-state index is 8.69. The summed E-state index contributed by atoms with van der Waals surface area (Å²) in [6, 6.07) is 6.60. The van der Waals surface area contributed by atoms with Gasteiger partial charge < -0.3 is 5.32 Å². The number of nitrogens with zero attached hydrogens (tertiary/aromatic N) is 1. The highest BCUT2D eigenvalue weighted by molar-refractivity contribution is 7.12. The summed E-state index contributed by atoms with van der Waals surface area (Å²) in [4.78, 5) is 2.03. The van der Waals surface area contributed by atoms with Crippen LogP contribution in [0.15, 0.2) is 12.1 Å². The van der Waals surface area contributed by atoms with E-state index in [9.17, 15) is 0 Å². The van der Waals surface area contributed by atoms with Gasteiger partial charge in [0.25, 0.3) is 0 Å². The molecule has 0 bridgehead atoms. The molecular formula is C12H18N2S. The molecule has 2 unspecified atom stereocenters. The minimum atomic E-state index is 0.530. The van der Waals surface area contributed by atoms with Crippen molar-refractivity contribution in [3.05, 3.63) is 21.9 Å². The molecule has 0 aliphatic rings. The van der Waals surface area contributed by atoms with Crippen molar-refractivity contribution < 1.29 is 0 Å². The maximum absolute atomic E-state index is 8.69. The van der Waals surface area contributed by atoms with Crippen LogP contribution >= 0.6 is 11.3 Å². The first-order chi connectivity index (χ1) is 7.17. The summed E-state index contributed by atoms with van der Waals surface area (Å²) in [5.41, 5.74) is 0. The van der Waals surface area contributed by atoms with E-state index in [4.69, 9.17) is 5.26 Å². The molecule has 3 heteroatoms. The molecule has 82 valence electrons. The minimum Gasteiger partial charge on any atom is -0.309 e. The molecule has 1 aromatic heterocycles. The molecule has 0 amide bonds. The third-order valence-electron chi connectivity index (χ3n) is 2.87. The number of rotatable bonds is 5. The highest BCUT2D eigenvalue weighted by Gasteiger charge is 2.09. The Balaban J connectivity index is 2.40. The van der Waals surface area contributed by atoms with E-state index in [1.165, 1.54) is 11.3 Å². The molecule has 0 radical (unpaired) electrons. The number of thiophene rings is 1. The monoisotopic (exact) mass is 222 g/mol. The normalized spacial score (nSPS) is 14.5. The highest BCUT2D eigenvalue weighted by atomic mass is 32.1. The summed E-state index contributed by atoms with van der Waals surface area (Å²) in [7, 11) is 0. The van der Waals surface area contributed by atoms with Gasteiger partial charge in [0.2, 0.25) is 0 Å². The minimum absolute atomic E-state index is 0.530. The molecule has 0 aliphatic heterocycles. The van der Waals surface area contributed by atoms with E-state index in [0.29, 0.717) is 12.0 Å². The summed E-state index contributed by atoms with van der Waals surface area (Å²) in [6.45, 7) is 7.55. The van der Waals surface area contributed by atoms with Crippen LogP contribution in [0.25, 0.3) is 0 Å². The van der Waals surface area contributed by atoms with Gasteiger partial charge in [0.1, 0.15) is 10.9 Å². The molecule has 2 nitrogen and oxygen atoms in total. The van der Waals surface area contributed by atoms with E-state index in [1.54, 1.807) is 11.3 Å². The quantitative estimate of drug-likeness (QED) is 0.830. The molecule has 1 N–H and O–H groups in total. The second kappa shape index (κ2) is 5.89. The smallest absolute Gasteiger partial charge is 0.110 e. The maximum Gasteiger partial charge on any atom is 0.110 e. The molecule has 2 atom stereocenters. The molecule has 0 saturated carbocycles. The molecular weight excluding hydrogens is 204 g/mol. The van der Waals surface area contributed by atoms with Gasteiger partial charge in [-0.2, -0.15) is 5.26 Å². The van der Waals surface area contributed by atoms with Crippen LogP contribution in [0.2, 0.25) is 0 Å². The van der Waals surface area contributed by atoms with Crippen LogP contribution < -0.4 is 5.32 Å². The fraction of sp³-hybridized carbons (Fsp3) is 0.583. The van der Waals surface area contributed by atoms with E-state index in [0.717, 1.165) is 11.4 Å². The van der Waals surface area contributed by atoms with Crippen molar-refractivity contribution >= 4 is 11.3 Å². The number of nitriles is 1. The number of nitrogens with one attached hydrogen (secondary N) is 1. The fourth-order valence-electron chi connectivity index (χ4n) is 1.35. The molecule has 1 rings (SSSR count). The Morgan fingerprint density at radius 1 is 1.47 bits per heavy atom. The molecule has 1 heterocycles. The molecule has 15 heavy (non-hydrogen) atoms. The highest BCUT2D eigenvalue weighted by Crippen LogP contribution is 2.16. The lowest BCUT2D eigenvalue weighted by Gasteiger charge is -2.19. The van der Waals surface area contributed by atoms with Crippen molar-refractivity contribution in [2.24, 2.45) is 5.92 Å². The van der Waals surface area contributed by atoms with Crippen LogP contribution in [-0.4, -0.2) is 6.04 Å². The second-order valence-electron chi connectivity index (χ2n) is 3.93. The third kappa shape index (κ3) is 3.65. The predicted molar refractivity (Wildman–Crippen MR) is 64.8 cm³/mol. The largest absolute Gasteiger partial charge is 0.309 e. The second-order valence-corrected chi connectivity index (χ2v) is 5.10. The zero-order chi connectivity index (χ0) is 11.3. The lowest BCUT2D eigenvalue weighted by molar-refractivity contribution is 0.391. The van der Waals surface area contributed by atoms with E-state index in [-0.39, 0.29) is 0 Å². The Morgan fingerprint density at radius 2 is 2.20 bits per heavy atom. The lowest BCUT2D eigenvalue weighted by Crippen LogP contribution is -2.30. The van der Waals surface area contributed by atoms with Gasteiger partial charge in [-0.3, -0.25) is 0 Å². The lowest BCUT2D eigenvalue weighted by atomic mass is 10.0. The van der Waals surface area contributed by atoms with Gasteiger partial charge in [0.15, 0.2) is 0 Å². The summed E-state index contributed by atoms with van der Waals surface area (Å²) < 4.78 is 0. The van der Waals surface area contributed by atoms with Crippen molar-refractivity contribution in [3.63, 3.8) is 0 Å². The number of hydrogen-bond donors (Lipinski definition) is 1. The average molecular weight is 222 g/mol. The van der Waals surface area contributed by atoms with Gasteiger partial charge in [-0.25, -0.2) is 0 Å². The standard InChI is InChI=1S/C12H18N2S/c1-4-9(2)10(3)14-8-12-6-5-11(7-13)15-12/h5-6,9-10,14H,4,8H2,1-3H3. The molecule has 0 fully saturated rings. The van der Waals surface area contributed by atoms with Crippen molar-refractivity contribution in [3.8, 4) is 6.07 Å². The van der Waals surface area contributed by atoms with Crippen molar-refractivity contribution in [1.82, 2.24) is 5.32 Å². The van der Waals surface area contributed by atoms with Crippen LogP contribution in [0, 0.1) is 17.2 Å². The van der Waals surface area contributed by atoms with Gasteiger partial charge in [-0.15, -0.1) is 11.3 Å². The summed E-state index contributed by atoms with van der Waals surface area (Å²) in [6.07, 6.45) is 1.20.